The van der Waals surface area contributed by atoms with E-state index in [9.17, 15) is 14.0 Å². The summed E-state index contributed by atoms with van der Waals surface area (Å²) < 4.78 is 14.0. The van der Waals surface area contributed by atoms with Gasteiger partial charge in [-0.2, -0.15) is 0 Å². The van der Waals surface area contributed by atoms with E-state index in [0.29, 0.717) is 28.0 Å². The lowest BCUT2D eigenvalue weighted by Crippen LogP contribution is -2.23. The van der Waals surface area contributed by atoms with Crippen LogP contribution in [0.5, 0.6) is 0 Å². The van der Waals surface area contributed by atoms with Gasteiger partial charge in [-0.3, -0.25) is 9.59 Å². The molecule has 0 saturated carbocycles. The minimum atomic E-state index is -0.358. The summed E-state index contributed by atoms with van der Waals surface area (Å²) in [6.07, 6.45) is 0. The Morgan fingerprint density at radius 3 is 2.44 bits per heavy atom. The standard InChI is InChI=1S/C26H22FN3O2/c1-16-7-12-24-21(13-16)22(26(32)28-15-19-5-3-4-6-23(19)27)14-25(30-24)18-8-10-20(11-9-18)29-17(2)31/h3-14H,15H2,1-2H3,(H,28,32)(H,29,31). The molecule has 160 valence electrons. The van der Waals surface area contributed by atoms with Gasteiger partial charge in [0.25, 0.3) is 5.91 Å². The van der Waals surface area contributed by atoms with Gasteiger partial charge in [0.2, 0.25) is 5.91 Å². The molecule has 2 N–H and O–H groups in total. The first kappa shape index (κ1) is 21.2. The number of rotatable bonds is 5. The van der Waals surface area contributed by atoms with Crippen molar-refractivity contribution in [3.63, 3.8) is 0 Å². The zero-order valence-corrected chi connectivity index (χ0v) is 17.8. The molecule has 0 unspecified atom stereocenters. The quantitative estimate of drug-likeness (QED) is 0.458. The molecule has 1 aromatic heterocycles. The summed E-state index contributed by atoms with van der Waals surface area (Å²) in [6, 6.07) is 21.1. The van der Waals surface area contributed by atoms with Crippen LogP contribution in [-0.2, 0) is 11.3 Å². The third-order valence-corrected chi connectivity index (χ3v) is 5.11. The average Bonchev–Trinajstić information content (AvgIpc) is 2.78. The summed E-state index contributed by atoms with van der Waals surface area (Å²) in [5.41, 5.74) is 4.71. The Morgan fingerprint density at radius 1 is 0.969 bits per heavy atom. The fourth-order valence-corrected chi connectivity index (χ4v) is 3.52. The third kappa shape index (κ3) is 4.64. The molecule has 0 aliphatic carbocycles. The largest absolute Gasteiger partial charge is 0.348 e. The number of nitrogens with one attached hydrogen (secondary N) is 2. The minimum absolute atomic E-state index is 0.0852. The highest BCUT2D eigenvalue weighted by Gasteiger charge is 2.15. The summed E-state index contributed by atoms with van der Waals surface area (Å²) in [5.74, 6) is -0.809. The second-order valence-electron chi connectivity index (χ2n) is 7.61. The van der Waals surface area contributed by atoms with Gasteiger partial charge in [-0.25, -0.2) is 9.37 Å². The van der Waals surface area contributed by atoms with Gasteiger partial charge < -0.3 is 10.6 Å². The van der Waals surface area contributed by atoms with Crippen molar-refractivity contribution in [2.24, 2.45) is 0 Å². The minimum Gasteiger partial charge on any atom is -0.348 e. The lowest BCUT2D eigenvalue weighted by atomic mass is 10.0. The smallest absolute Gasteiger partial charge is 0.252 e. The van der Waals surface area contributed by atoms with Crippen LogP contribution in [-0.4, -0.2) is 16.8 Å². The van der Waals surface area contributed by atoms with Gasteiger partial charge in [-0.15, -0.1) is 0 Å². The topological polar surface area (TPSA) is 71.1 Å². The van der Waals surface area contributed by atoms with Gasteiger partial charge >= 0.3 is 0 Å². The van der Waals surface area contributed by atoms with E-state index < -0.39 is 0 Å². The molecule has 0 fully saturated rings. The van der Waals surface area contributed by atoms with E-state index >= 15 is 0 Å². The molecule has 3 aromatic carbocycles. The first-order valence-electron chi connectivity index (χ1n) is 10.2. The van der Waals surface area contributed by atoms with Crippen molar-refractivity contribution in [2.45, 2.75) is 20.4 Å². The van der Waals surface area contributed by atoms with Crippen LogP contribution in [0.3, 0.4) is 0 Å². The van der Waals surface area contributed by atoms with Crippen molar-refractivity contribution in [1.82, 2.24) is 10.3 Å². The van der Waals surface area contributed by atoms with Crippen molar-refractivity contribution >= 4 is 28.4 Å². The third-order valence-electron chi connectivity index (χ3n) is 5.11. The van der Waals surface area contributed by atoms with Crippen molar-refractivity contribution in [3.05, 3.63) is 95.3 Å². The number of halogens is 1. The van der Waals surface area contributed by atoms with Crippen LogP contribution >= 0.6 is 0 Å². The van der Waals surface area contributed by atoms with E-state index in [2.05, 4.69) is 10.6 Å². The lowest BCUT2D eigenvalue weighted by Gasteiger charge is -2.12. The fraction of sp³-hybridized carbons (Fsp3) is 0.115. The summed E-state index contributed by atoms with van der Waals surface area (Å²) in [5, 5.41) is 6.29. The second kappa shape index (κ2) is 8.98. The second-order valence-corrected chi connectivity index (χ2v) is 7.61. The van der Waals surface area contributed by atoms with Gasteiger partial charge in [0.1, 0.15) is 5.82 Å². The summed E-state index contributed by atoms with van der Waals surface area (Å²) >= 11 is 0. The molecular formula is C26H22FN3O2. The Bertz CT molecular complexity index is 1320. The Morgan fingerprint density at radius 2 is 1.72 bits per heavy atom. The molecule has 0 aliphatic heterocycles. The summed E-state index contributed by atoms with van der Waals surface area (Å²) in [4.78, 5) is 29.1. The number of nitrogens with zero attached hydrogens (tertiary/aromatic N) is 1. The number of pyridine rings is 1. The highest BCUT2D eigenvalue weighted by atomic mass is 19.1. The molecule has 0 atom stereocenters. The number of carbonyl (C=O) groups excluding carboxylic acids is 2. The van der Waals surface area contributed by atoms with Gasteiger partial charge in [-0.1, -0.05) is 42.0 Å². The number of amides is 2. The van der Waals surface area contributed by atoms with E-state index in [0.717, 1.165) is 16.5 Å². The maximum atomic E-state index is 14.0. The Balaban J connectivity index is 1.70. The maximum absolute atomic E-state index is 14.0. The van der Waals surface area contributed by atoms with Crippen molar-refractivity contribution in [3.8, 4) is 11.3 Å². The normalized spacial score (nSPS) is 10.7. The molecule has 2 amide bonds. The molecule has 0 saturated heterocycles. The Kier molecular flexibility index (Phi) is 5.94. The predicted octanol–water partition coefficient (Wildman–Crippen LogP) is 5.24. The SMILES string of the molecule is CC(=O)Nc1ccc(-c2cc(C(=O)NCc3ccccc3F)c3cc(C)ccc3n2)cc1. The summed E-state index contributed by atoms with van der Waals surface area (Å²) in [7, 11) is 0. The maximum Gasteiger partial charge on any atom is 0.252 e. The number of anilines is 1. The van der Waals surface area contributed by atoms with Crippen molar-refractivity contribution in [2.75, 3.05) is 5.32 Å². The van der Waals surface area contributed by atoms with E-state index in [1.54, 1.807) is 36.4 Å². The van der Waals surface area contributed by atoms with Crippen molar-refractivity contribution in [1.29, 1.82) is 0 Å². The number of benzene rings is 3. The highest BCUT2D eigenvalue weighted by Crippen LogP contribution is 2.27. The number of hydrogen-bond donors (Lipinski definition) is 2. The van der Waals surface area contributed by atoms with Gasteiger partial charge in [0, 0.05) is 35.7 Å². The molecule has 6 heteroatoms. The molecular weight excluding hydrogens is 405 g/mol. The van der Waals surface area contributed by atoms with Crippen LogP contribution in [0.4, 0.5) is 10.1 Å². The zero-order valence-electron chi connectivity index (χ0n) is 17.8. The van der Waals surface area contributed by atoms with Crippen LogP contribution in [0.2, 0.25) is 0 Å². The molecule has 0 bridgehead atoms. The molecule has 32 heavy (non-hydrogen) atoms. The van der Waals surface area contributed by atoms with Crippen LogP contribution in [0.1, 0.15) is 28.4 Å². The van der Waals surface area contributed by atoms with Crippen LogP contribution in [0.15, 0.2) is 72.8 Å². The van der Waals surface area contributed by atoms with Gasteiger partial charge in [-0.05, 0) is 43.3 Å². The Hall–Kier alpha value is -4.06. The van der Waals surface area contributed by atoms with E-state index in [-0.39, 0.29) is 24.2 Å². The number of aryl methyl sites for hydroxylation is 1. The van der Waals surface area contributed by atoms with Crippen LogP contribution < -0.4 is 10.6 Å². The number of carbonyl (C=O) groups is 2. The van der Waals surface area contributed by atoms with E-state index in [1.165, 1.54) is 13.0 Å². The van der Waals surface area contributed by atoms with E-state index in [4.69, 9.17) is 4.98 Å². The first-order chi connectivity index (χ1) is 15.4. The fourth-order valence-electron chi connectivity index (χ4n) is 3.52. The molecule has 0 aliphatic rings. The molecule has 0 radical (unpaired) electrons. The van der Waals surface area contributed by atoms with Gasteiger partial charge in [0.15, 0.2) is 0 Å². The lowest BCUT2D eigenvalue weighted by molar-refractivity contribution is -0.114. The van der Waals surface area contributed by atoms with Gasteiger partial charge in [0.05, 0.1) is 16.8 Å². The highest BCUT2D eigenvalue weighted by molar-refractivity contribution is 6.07. The van der Waals surface area contributed by atoms with Crippen LogP contribution in [0, 0.1) is 12.7 Å². The molecule has 1 heterocycles. The van der Waals surface area contributed by atoms with Crippen molar-refractivity contribution < 1.29 is 14.0 Å². The number of fused-ring (bicyclic) bond motifs is 1. The average molecular weight is 427 g/mol. The summed E-state index contributed by atoms with van der Waals surface area (Å²) in [6.45, 7) is 3.49. The van der Waals surface area contributed by atoms with E-state index in [1.807, 2.05) is 37.3 Å². The number of hydrogen-bond acceptors (Lipinski definition) is 3. The predicted molar refractivity (Wildman–Crippen MR) is 124 cm³/mol. The monoisotopic (exact) mass is 427 g/mol. The zero-order chi connectivity index (χ0) is 22.7. The molecule has 5 nitrogen and oxygen atoms in total. The van der Waals surface area contributed by atoms with Crippen LogP contribution in [0.25, 0.3) is 22.2 Å². The molecule has 0 spiro atoms. The molecule has 4 aromatic rings. The number of aromatic nitrogens is 1. The first-order valence-corrected chi connectivity index (χ1v) is 10.2. The Labute approximate surface area is 185 Å². The molecule has 4 rings (SSSR count).